The number of aliphatic hydroxyl groups excluding tert-OH is 1. The number of carbonyl (C=O) groups is 1. The van der Waals surface area contributed by atoms with Crippen LogP contribution in [0.3, 0.4) is 0 Å². The predicted octanol–water partition coefficient (Wildman–Crippen LogP) is 1.87. The van der Waals surface area contributed by atoms with Gasteiger partial charge in [-0.15, -0.1) is 0 Å². The Morgan fingerprint density at radius 3 is 2.45 bits per heavy atom. The molecule has 1 N–H and O–H groups in total. The number of aliphatic hydroxyl groups is 1. The molecule has 2 rings (SSSR count). The molecule has 2 aliphatic rings. The molecule has 0 aromatic rings. The Bertz CT molecular complexity index is 295. The van der Waals surface area contributed by atoms with Gasteiger partial charge in [0.1, 0.15) is 0 Å². The number of likely N-dealkylation sites (tertiary alicyclic amines) is 2. The monoisotopic (exact) mass is 282 g/mol. The zero-order valence-electron chi connectivity index (χ0n) is 12.9. The topological polar surface area (TPSA) is 43.8 Å². The lowest BCUT2D eigenvalue weighted by Crippen LogP contribution is -2.41. The molecule has 20 heavy (non-hydrogen) atoms. The summed E-state index contributed by atoms with van der Waals surface area (Å²) >= 11 is 0. The van der Waals surface area contributed by atoms with Crippen molar-refractivity contribution in [3.8, 4) is 0 Å². The van der Waals surface area contributed by atoms with Crippen molar-refractivity contribution < 1.29 is 9.90 Å². The molecule has 2 heterocycles. The van der Waals surface area contributed by atoms with Crippen molar-refractivity contribution in [2.24, 2.45) is 5.92 Å². The van der Waals surface area contributed by atoms with Crippen LogP contribution in [-0.2, 0) is 4.79 Å². The van der Waals surface area contributed by atoms with Gasteiger partial charge in [-0.2, -0.15) is 0 Å². The van der Waals surface area contributed by atoms with Gasteiger partial charge in [0, 0.05) is 19.5 Å². The van der Waals surface area contributed by atoms with Crippen LogP contribution in [0.5, 0.6) is 0 Å². The number of nitrogens with zero attached hydrogens (tertiary/aromatic N) is 2. The molecule has 1 atom stereocenters. The molecule has 0 saturated carbocycles. The summed E-state index contributed by atoms with van der Waals surface area (Å²) in [4.78, 5) is 16.6. The van der Waals surface area contributed by atoms with Crippen LogP contribution >= 0.6 is 0 Å². The van der Waals surface area contributed by atoms with Gasteiger partial charge in [0.05, 0.1) is 6.10 Å². The van der Waals surface area contributed by atoms with Crippen LogP contribution < -0.4 is 0 Å². The molecule has 4 heteroatoms. The van der Waals surface area contributed by atoms with Crippen molar-refractivity contribution in [3.63, 3.8) is 0 Å². The zero-order chi connectivity index (χ0) is 14.4. The van der Waals surface area contributed by atoms with E-state index in [4.69, 9.17) is 0 Å². The Balaban J connectivity index is 1.61. The number of rotatable bonds is 6. The van der Waals surface area contributed by atoms with Gasteiger partial charge in [0.15, 0.2) is 0 Å². The lowest BCUT2D eigenvalue weighted by atomic mass is 9.90. The van der Waals surface area contributed by atoms with Crippen molar-refractivity contribution in [1.29, 1.82) is 0 Å². The molecule has 2 saturated heterocycles. The first kappa shape index (κ1) is 15.8. The van der Waals surface area contributed by atoms with E-state index in [1.165, 1.54) is 25.9 Å². The Morgan fingerprint density at radius 2 is 1.85 bits per heavy atom. The number of carbonyl (C=O) groups excluding carboxylic acids is 1. The van der Waals surface area contributed by atoms with Crippen LogP contribution in [0.15, 0.2) is 0 Å². The highest BCUT2D eigenvalue weighted by Gasteiger charge is 2.26. The van der Waals surface area contributed by atoms with Gasteiger partial charge >= 0.3 is 0 Å². The van der Waals surface area contributed by atoms with E-state index in [2.05, 4.69) is 4.90 Å². The number of amides is 1. The molecule has 1 amide bonds. The van der Waals surface area contributed by atoms with Crippen LogP contribution in [0.4, 0.5) is 0 Å². The van der Waals surface area contributed by atoms with E-state index in [1.54, 1.807) is 0 Å². The molecule has 0 aliphatic carbocycles. The van der Waals surface area contributed by atoms with E-state index in [-0.39, 0.29) is 6.10 Å². The summed E-state index contributed by atoms with van der Waals surface area (Å²) in [5, 5.41) is 9.86. The maximum Gasteiger partial charge on any atom is 0.222 e. The van der Waals surface area contributed by atoms with Gasteiger partial charge < -0.3 is 14.9 Å². The molecule has 0 bridgehead atoms. The molecule has 4 nitrogen and oxygen atoms in total. The fourth-order valence-electron chi connectivity index (χ4n) is 3.49. The summed E-state index contributed by atoms with van der Waals surface area (Å²) in [5.41, 5.74) is 0. The van der Waals surface area contributed by atoms with E-state index in [1.807, 2.05) is 11.8 Å². The fourth-order valence-corrected chi connectivity index (χ4v) is 3.49. The van der Waals surface area contributed by atoms with Gasteiger partial charge in [-0.1, -0.05) is 6.92 Å². The summed E-state index contributed by atoms with van der Waals surface area (Å²) in [7, 11) is 0. The summed E-state index contributed by atoms with van der Waals surface area (Å²) in [6.45, 7) is 7.22. The molecule has 0 aromatic heterocycles. The largest absolute Gasteiger partial charge is 0.393 e. The van der Waals surface area contributed by atoms with E-state index in [0.717, 1.165) is 45.3 Å². The molecule has 0 aromatic carbocycles. The third-order valence-corrected chi connectivity index (χ3v) is 4.92. The molecule has 0 spiro atoms. The molecule has 2 aliphatic heterocycles. The highest BCUT2D eigenvalue weighted by atomic mass is 16.3. The van der Waals surface area contributed by atoms with Crippen molar-refractivity contribution in [2.75, 3.05) is 32.7 Å². The van der Waals surface area contributed by atoms with Crippen LogP contribution in [0, 0.1) is 5.92 Å². The first-order chi connectivity index (χ1) is 9.70. The minimum absolute atomic E-state index is 0.178. The molecular formula is C16H30N2O2. The quantitative estimate of drug-likeness (QED) is 0.809. The van der Waals surface area contributed by atoms with Crippen molar-refractivity contribution >= 4 is 5.91 Å². The second-order valence-electron chi connectivity index (χ2n) is 6.35. The van der Waals surface area contributed by atoms with E-state index >= 15 is 0 Å². The average Bonchev–Trinajstić information content (AvgIpc) is 2.99. The summed E-state index contributed by atoms with van der Waals surface area (Å²) in [5.74, 6) is 0.710. The lowest BCUT2D eigenvalue weighted by molar-refractivity contribution is -0.133. The van der Waals surface area contributed by atoms with Crippen LogP contribution in [0.1, 0.15) is 51.9 Å². The van der Waals surface area contributed by atoms with E-state index in [0.29, 0.717) is 18.2 Å². The number of hydrogen-bond donors (Lipinski definition) is 1. The third kappa shape index (κ3) is 4.45. The molecular weight excluding hydrogens is 252 g/mol. The second kappa shape index (κ2) is 7.99. The number of hydrogen-bond acceptors (Lipinski definition) is 3. The van der Waals surface area contributed by atoms with Crippen LogP contribution in [0.25, 0.3) is 0 Å². The average molecular weight is 282 g/mol. The molecule has 0 radical (unpaired) electrons. The van der Waals surface area contributed by atoms with Crippen molar-refractivity contribution in [2.45, 2.75) is 58.0 Å². The van der Waals surface area contributed by atoms with Gasteiger partial charge in [-0.3, -0.25) is 4.79 Å². The zero-order valence-corrected chi connectivity index (χ0v) is 12.9. The molecule has 116 valence electrons. The number of piperidine rings is 1. The summed E-state index contributed by atoms with van der Waals surface area (Å²) < 4.78 is 0. The SMILES string of the molecule is CC[C@H](O)C1CCN(C(=O)CCCN2CCCC2)CC1. The van der Waals surface area contributed by atoms with E-state index in [9.17, 15) is 9.90 Å². The van der Waals surface area contributed by atoms with Crippen LogP contribution in [0.2, 0.25) is 0 Å². The molecule has 0 unspecified atom stereocenters. The fraction of sp³-hybridized carbons (Fsp3) is 0.938. The molecule has 2 fully saturated rings. The Labute approximate surface area is 123 Å². The van der Waals surface area contributed by atoms with Gasteiger partial charge in [0.2, 0.25) is 5.91 Å². The first-order valence-electron chi connectivity index (χ1n) is 8.39. The standard InChI is InChI=1S/C16H30N2O2/c1-2-15(19)14-7-12-18(13-8-14)16(20)6-5-11-17-9-3-4-10-17/h14-15,19H,2-13H2,1H3/t15-/m0/s1. The normalized spacial score (nSPS) is 23.2. The highest BCUT2D eigenvalue weighted by molar-refractivity contribution is 5.76. The van der Waals surface area contributed by atoms with Gasteiger partial charge in [-0.05, 0) is 64.1 Å². The maximum atomic E-state index is 12.2. The van der Waals surface area contributed by atoms with Crippen LogP contribution in [-0.4, -0.2) is 59.6 Å². The van der Waals surface area contributed by atoms with Gasteiger partial charge in [0.25, 0.3) is 0 Å². The highest BCUT2D eigenvalue weighted by Crippen LogP contribution is 2.23. The second-order valence-corrected chi connectivity index (χ2v) is 6.35. The first-order valence-corrected chi connectivity index (χ1v) is 8.39. The van der Waals surface area contributed by atoms with Crippen molar-refractivity contribution in [3.05, 3.63) is 0 Å². The maximum absolute atomic E-state index is 12.2. The minimum atomic E-state index is -0.178. The minimum Gasteiger partial charge on any atom is -0.393 e. The summed E-state index contributed by atoms with van der Waals surface area (Å²) in [6, 6.07) is 0. The Morgan fingerprint density at radius 1 is 1.20 bits per heavy atom. The lowest BCUT2D eigenvalue weighted by Gasteiger charge is -2.34. The summed E-state index contributed by atoms with van der Waals surface area (Å²) in [6.07, 6.45) is 6.91. The Kier molecular flexibility index (Phi) is 6.30. The third-order valence-electron chi connectivity index (χ3n) is 4.92. The van der Waals surface area contributed by atoms with Crippen molar-refractivity contribution in [1.82, 2.24) is 9.80 Å². The predicted molar refractivity (Wildman–Crippen MR) is 80.5 cm³/mol. The Hall–Kier alpha value is -0.610. The van der Waals surface area contributed by atoms with Gasteiger partial charge in [-0.25, -0.2) is 0 Å². The smallest absolute Gasteiger partial charge is 0.222 e. The van der Waals surface area contributed by atoms with E-state index < -0.39 is 0 Å².